The average Bonchev–Trinajstić information content (AvgIpc) is 3.78. The monoisotopic (exact) mass is 576 g/mol. The van der Waals surface area contributed by atoms with Crippen molar-refractivity contribution in [3.63, 3.8) is 0 Å². The van der Waals surface area contributed by atoms with Crippen LogP contribution in [0.25, 0.3) is 11.6 Å². The second-order valence-electron chi connectivity index (χ2n) is 10.3. The molecule has 0 bridgehead atoms. The zero-order chi connectivity index (χ0) is 29.5. The van der Waals surface area contributed by atoms with Gasteiger partial charge in [-0.3, -0.25) is 9.59 Å². The molecule has 1 N–H and O–H groups in total. The van der Waals surface area contributed by atoms with Crippen LogP contribution >= 0.6 is 0 Å². The zero-order valence-corrected chi connectivity index (χ0v) is 24.1. The standard InChI is InChI=1S/C30H36N6O6/c1-20-11-13-25(42-20)29-32-34-36(33-29)19-27(37)35(16-15-21-12-14-23(39-2)26(18-21)40-3)28(24-10-7-17-41-24)30(38)31-22-8-5-4-6-9-22/h7,10-14,17-18,22,28H,4-6,8-9,15-16,19H2,1-3H3,(H,31,38)/t28-/m0/s1. The van der Waals surface area contributed by atoms with E-state index in [1.54, 1.807) is 38.5 Å². The molecular formula is C30H36N6O6. The Balaban J connectivity index is 1.42. The van der Waals surface area contributed by atoms with E-state index in [0.717, 1.165) is 37.7 Å². The number of aromatic nitrogens is 4. The van der Waals surface area contributed by atoms with Gasteiger partial charge in [0.1, 0.15) is 18.1 Å². The van der Waals surface area contributed by atoms with E-state index in [9.17, 15) is 9.59 Å². The summed E-state index contributed by atoms with van der Waals surface area (Å²) < 4.78 is 22.1. The molecule has 1 fully saturated rings. The third-order valence-electron chi connectivity index (χ3n) is 7.42. The van der Waals surface area contributed by atoms with Gasteiger partial charge in [-0.1, -0.05) is 25.3 Å². The fourth-order valence-electron chi connectivity index (χ4n) is 5.26. The topological polar surface area (TPSA) is 138 Å². The number of nitrogens with one attached hydrogen (secondary N) is 1. The molecule has 2 amide bonds. The highest BCUT2D eigenvalue weighted by Gasteiger charge is 2.35. The average molecular weight is 577 g/mol. The molecule has 222 valence electrons. The highest BCUT2D eigenvalue weighted by atomic mass is 16.5. The van der Waals surface area contributed by atoms with Crippen molar-refractivity contribution >= 4 is 11.8 Å². The smallest absolute Gasteiger partial charge is 0.250 e. The first-order valence-corrected chi connectivity index (χ1v) is 14.1. The van der Waals surface area contributed by atoms with Crippen molar-refractivity contribution in [1.82, 2.24) is 30.4 Å². The van der Waals surface area contributed by atoms with Crippen LogP contribution in [0.15, 0.2) is 57.6 Å². The van der Waals surface area contributed by atoms with Crippen LogP contribution in [-0.4, -0.2) is 63.7 Å². The maximum atomic E-state index is 13.9. The number of aryl methyl sites for hydroxylation is 1. The number of tetrazole rings is 1. The Labute approximate surface area is 244 Å². The van der Waals surface area contributed by atoms with Gasteiger partial charge in [0, 0.05) is 12.6 Å². The number of rotatable bonds is 12. The summed E-state index contributed by atoms with van der Waals surface area (Å²) in [6, 6.07) is 11.6. The van der Waals surface area contributed by atoms with Gasteiger partial charge in [-0.05, 0) is 73.4 Å². The van der Waals surface area contributed by atoms with E-state index < -0.39 is 6.04 Å². The molecule has 0 radical (unpaired) electrons. The fourth-order valence-corrected chi connectivity index (χ4v) is 5.26. The Bertz CT molecular complexity index is 1470. The summed E-state index contributed by atoms with van der Waals surface area (Å²) >= 11 is 0. The van der Waals surface area contributed by atoms with Gasteiger partial charge < -0.3 is 28.5 Å². The number of benzene rings is 1. The van der Waals surface area contributed by atoms with E-state index in [4.69, 9.17) is 18.3 Å². The van der Waals surface area contributed by atoms with E-state index in [1.165, 1.54) is 16.0 Å². The summed E-state index contributed by atoms with van der Waals surface area (Å²) in [5.74, 6) is 2.35. The van der Waals surface area contributed by atoms with Gasteiger partial charge in [-0.15, -0.1) is 10.2 Å². The molecule has 5 rings (SSSR count). The lowest BCUT2D eigenvalue weighted by molar-refractivity contribution is -0.142. The number of hydrogen-bond acceptors (Lipinski definition) is 9. The van der Waals surface area contributed by atoms with Crippen molar-refractivity contribution in [2.75, 3.05) is 20.8 Å². The first-order chi connectivity index (χ1) is 20.4. The van der Waals surface area contributed by atoms with E-state index in [1.807, 2.05) is 25.1 Å². The lowest BCUT2D eigenvalue weighted by Gasteiger charge is -2.32. The van der Waals surface area contributed by atoms with Crippen molar-refractivity contribution < 1.29 is 27.9 Å². The molecule has 3 aromatic heterocycles. The van der Waals surface area contributed by atoms with Gasteiger partial charge in [0.25, 0.3) is 5.91 Å². The minimum absolute atomic E-state index is 0.0582. The normalized spacial score (nSPS) is 14.4. The highest BCUT2D eigenvalue weighted by Crippen LogP contribution is 2.29. The van der Waals surface area contributed by atoms with Crippen LogP contribution < -0.4 is 14.8 Å². The highest BCUT2D eigenvalue weighted by molar-refractivity contribution is 5.88. The second kappa shape index (κ2) is 13.4. The first kappa shape index (κ1) is 28.9. The van der Waals surface area contributed by atoms with E-state index in [-0.39, 0.29) is 36.8 Å². The molecule has 3 heterocycles. The molecule has 1 aromatic carbocycles. The third kappa shape index (κ3) is 6.81. The number of carbonyl (C=O) groups is 2. The summed E-state index contributed by atoms with van der Waals surface area (Å²) in [6.07, 6.45) is 7.06. The van der Waals surface area contributed by atoms with E-state index >= 15 is 0 Å². The summed E-state index contributed by atoms with van der Waals surface area (Å²) in [4.78, 5) is 30.5. The molecule has 0 saturated heterocycles. The van der Waals surface area contributed by atoms with Crippen molar-refractivity contribution in [2.45, 2.75) is 64.1 Å². The van der Waals surface area contributed by atoms with Crippen LogP contribution in [0.1, 0.15) is 55.2 Å². The van der Waals surface area contributed by atoms with Gasteiger partial charge >= 0.3 is 0 Å². The molecule has 42 heavy (non-hydrogen) atoms. The summed E-state index contributed by atoms with van der Waals surface area (Å²) in [7, 11) is 3.15. The molecular weight excluding hydrogens is 540 g/mol. The lowest BCUT2D eigenvalue weighted by atomic mass is 9.95. The zero-order valence-electron chi connectivity index (χ0n) is 24.1. The Hall–Kier alpha value is -4.61. The molecule has 4 aromatic rings. The molecule has 12 heteroatoms. The Morgan fingerprint density at radius 2 is 1.90 bits per heavy atom. The number of methoxy groups -OCH3 is 2. The molecule has 0 unspecified atom stereocenters. The largest absolute Gasteiger partial charge is 0.493 e. The van der Waals surface area contributed by atoms with Crippen LogP contribution in [0, 0.1) is 6.92 Å². The number of nitrogens with zero attached hydrogens (tertiary/aromatic N) is 5. The molecule has 12 nitrogen and oxygen atoms in total. The van der Waals surface area contributed by atoms with Crippen molar-refractivity contribution in [3.05, 3.63) is 65.8 Å². The molecule has 0 spiro atoms. The van der Waals surface area contributed by atoms with Gasteiger partial charge in [-0.25, -0.2) is 0 Å². The van der Waals surface area contributed by atoms with E-state index in [2.05, 4.69) is 20.7 Å². The van der Waals surface area contributed by atoms with Crippen molar-refractivity contribution in [1.29, 1.82) is 0 Å². The molecule has 1 saturated carbocycles. The molecule has 0 aliphatic heterocycles. The van der Waals surface area contributed by atoms with Crippen LogP contribution in [0.2, 0.25) is 0 Å². The number of carbonyl (C=O) groups excluding carboxylic acids is 2. The van der Waals surface area contributed by atoms with Crippen molar-refractivity contribution in [2.24, 2.45) is 0 Å². The maximum absolute atomic E-state index is 13.9. The molecule has 1 aliphatic carbocycles. The summed E-state index contributed by atoms with van der Waals surface area (Å²) in [5.41, 5.74) is 0.908. The van der Waals surface area contributed by atoms with Gasteiger partial charge in [0.15, 0.2) is 23.3 Å². The summed E-state index contributed by atoms with van der Waals surface area (Å²) in [5, 5.41) is 15.6. The van der Waals surface area contributed by atoms with Gasteiger partial charge in [0.05, 0.1) is 20.5 Å². The van der Waals surface area contributed by atoms with Gasteiger partial charge in [-0.2, -0.15) is 4.80 Å². The van der Waals surface area contributed by atoms with Crippen LogP contribution in [0.3, 0.4) is 0 Å². The van der Waals surface area contributed by atoms with Crippen LogP contribution in [-0.2, 0) is 22.6 Å². The summed E-state index contributed by atoms with van der Waals surface area (Å²) in [6.45, 7) is 1.81. The predicted octanol–water partition coefficient (Wildman–Crippen LogP) is 4.11. The number of ether oxygens (including phenoxy) is 2. The van der Waals surface area contributed by atoms with E-state index in [0.29, 0.717) is 35.2 Å². The first-order valence-electron chi connectivity index (χ1n) is 14.1. The second-order valence-corrected chi connectivity index (χ2v) is 10.3. The SMILES string of the molecule is COc1ccc(CCN(C(=O)Cn2nnc(-c3ccc(C)o3)n2)[C@H](C(=O)NC2CCCCC2)c2ccco2)cc1OC. The quantitative estimate of drug-likeness (QED) is 0.264. The number of hydrogen-bond donors (Lipinski definition) is 1. The Morgan fingerprint density at radius 3 is 2.60 bits per heavy atom. The van der Waals surface area contributed by atoms with Gasteiger partial charge in [0.2, 0.25) is 11.7 Å². The number of amides is 2. The minimum Gasteiger partial charge on any atom is -0.493 e. The fraction of sp³-hybridized carbons (Fsp3) is 0.433. The maximum Gasteiger partial charge on any atom is 0.250 e. The number of furan rings is 2. The molecule has 1 atom stereocenters. The molecule has 1 aliphatic rings. The van der Waals surface area contributed by atoms with Crippen LogP contribution in [0.5, 0.6) is 11.5 Å². The minimum atomic E-state index is -0.981. The van der Waals surface area contributed by atoms with Crippen LogP contribution in [0.4, 0.5) is 0 Å². The third-order valence-corrected chi connectivity index (χ3v) is 7.42. The Kier molecular flexibility index (Phi) is 9.20. The predicted molar refractivity (Wildman–Crippen MR) is 152 cm³/mol. The lowest BCUT2D eigenvalue weighted by Crippen LogP contribution is -2.48. The Morgan fingerprint density at radius 1 is 1.10 bits per heavy atom. The van der Waals surface area contributed by atoms with Crippen molar-refractivity contribution in [3.8, 4) is 23.1 Å².